The molecule has 0 radical (unpaired) electrons. The van der Waals surface area contributed by atoms with Gasteiger partial charge in [0.25, 0.3) is 6.71 Å². The fraction of sp³-hybridized carbons (Fsp3) is 0.156. The first kappa shape index (κ1) is 82.5. The predicted molar refractivity (Wildman–Crippen MR) is 575 cm³/mol. The highest BCUT2D eigenvalue weighted by atomic mass is 16.3. The van der Waals surface area contributed by atoms with Crippen LogP contribution in [-0.4, -0.2) is 11.3 Å². The van der Waals surface area contributed by atoms with E-state index in [4.69, 9.17) is 17.7 Å². The summed E-state index contributed by atoms with van der Waals surface area (Å²) in [4.78, 5) is 5.53. The van der Waals surface area contributed by atoms with Gasteiger partial charge in [0.1, 0.15) is 44.7 Å². The first-order chi connectivity index (χ1) is 65.6. The van der Waals surface area contributed by atoms with Crippen LogP contribution in [-0.2, 0) is 27.1 Å². The number of nitrogens with zero attached hydrogens (tertiary/aromatic N) is 3. The number of anilines is 6. The monoisotopic (exact) mass is 1760 g/mol. The lowest BCUT2D eigenvalue weighted by atomic mass is 9.33. The summed E-state index contributed by atoms with van der Waals surface area (Å²) < 4.78 is 31.2. The van der Waals surface area contributed by atoms with Gasteiger partial charge in [-0.25, -0.2) is 0 Å². The van der Waals surface area contributed by atoms with Gasteiger partial charge < -0.3 is 32.0 Å². The van der Waals surface area contributed by atoms with E-state index in [-0.39, 0.29) is 21.7 Å². The van der Waals surface area contributed by atoms with E-state index in [2.05, 4.69) is 476 Å². The number of hydrogen-bond donors (Lipinski definition) is 0. The molecule has 2 aliphatic heterocycles. The van der Waals surface area contributed by atoms with Crippen molar-refractivity contribution in [1.82, 2.24) is 4.57 Å². The minimum absolute atomic E-state index is 0.173. The van der Waals surface area contributed by atoms with Gasteiger partial charge in [-0.05, 0) is 266 Å². The molecule has 8 heteroatoms. The van der Waals surface area contributed by atoms with Gasteiger partial charge in [0, 0.05) is 98.9 Å². The maximum absolute atomic E-state index is 7.14. The van der Waals surface area contributed by atoms with E-state index < -0.39 is 12.1 Å². The van der Waals surface area contributed by atoms with Crippen LogP contribution in [0.25, 0.3) is 193 Å². The predicted octanol–water partition coefficient (Wildman–Crippen LogP) is 34.6. The van der Waals surface area contributed by atoms with Gasteiger partial charge in [0.05, 0.1) is 28.1 Å². The Morgan fingerprint density at radius 1 is 0.206 bits per heavy atom. The molecule has 23 aromatic rings. The molecule has 25 rings (SSSR count). The molecule has 0 atom stereocenters. The molecule has 0 bridgehead atoms. The van der Waals surface area contributed by atoms with E-state index in [1.165, 1.54) is 44.1 Å². The maximum Gasteiger partial charge on any atom is 0.252 e. The van der Waals surface area contributed by atoms with E-state index in [0.717, 1.165) is 227 Å². The summed E-state index contributed by atoms with van der Waals surface area (Å²) in [6, 6.07) is 136. The van der Waals surface area contributed by atoms with E-state index >= 15 is 0 Å². The van der Waals surface area contributed by atoms with Gasteiger partial charge in [0.15, 0.2) is 0 Å². The van der Waals surface area contributed by atoms with Crippen LogP contribution in [0.15, 0.2) is 376 Å². The summed E-state index contributed by atoms with van der Waals surface area (Å²) in [5, 5.41) is 10.7. The normalized spacial score (nSPS) is 13.2. The smallest absolute Gasteiger partial charge is 0.252 e. The number of benzene rings is 18. The third-order valence-electron chi connectivity index (χ3n) is 29.3. The summed E-state index contributed by atoms with van der Waals surface area (Å²) in [5.74, 6) is 0. The van der Waals surface area contributed by atoms with Gasteiger partial charge in [0.2, 0.25) is 0 Å². The van der Waals surface area contributed by atoms with Crippen LogP contribution in [0.4, 0.5) is 34.1 Å². The number of hydrogen-bond acceptors (Lipinski definition) is 6. The molecule has 5 aromatic heterocycles. The van der Waals surface area contributed by atoms with E-state index in [0.29, 0.717) is 0 Å². The second kappa shape index (κ2) is 30.1. The van der Waals surface area contributed by atoms with Crippen molar-refractivity contribution >= 4 is 167 Å². The Bertz CT molecular complexity index is 8560. The van der Waals surface area contributed by atoms with E-state index in [1.807, 2.05) is 0 Å². The lowest BCUT2D eigenvalue weighted by Crippen LogP contribution is -2.61. The fourth-order valence-electron chi connectivity index (χ4n) is 22.3. The minimum Gasteiger partial charge on any atom is -0.456 e. The first-order valence-electron chi connectivity index (χ1n) is 48.0. The average Bonchev–Trinajstić information content (AvgIpc) is 1.67. The largest absolute Gasteiger partial charge is 0.456 e. The highest BCUT2D eigenvalue weighted by molar-refractivity contribution is 7.00. The molecule has 7 heterocycles. The van der Waals surface area contributed by atoms with Gasteiger partial charge in [-0.15, -0.1) is 0 Å². The van der Waals surface area contributed by atoms with Crippen LogP contribution in [0.1, 0.15) is 132 Å². The average molecular weight is 1760 g/mol. The zero-order valence-electron chi connectivity index (χ0n) is 79.6. The molecule has 0 amide bonds. The SMILES string of the molecule is CC(C)(C)c1cc(-c2cccc3oc4ccccc4c23)c(N2c3ccc(-c4cc(-c5ccccc5)cc(-c5ccccc5)c4)cc3B3c4ccc(C(C)(C)C)cc4N(c4c(-c5cccc6oc7ccccc7c56)cc(C(C)(C)C)cc4-c4cccc5oc6ccccc6c45)c4cc(-n5c6ccc(C(C)(C)C)cc6c6cc(C(C)(C)C)ccc65)cc2c43)c(-c2cccc3oc4ccccc4c23)c1. The Morgan fingerprint density at radius 2 is 0.529 bits per heavy atom. The number of para-hydroxylation sites is 4. The second-order valence-electron chi connectivity index (χ2n) is 43.1. The number of furan rings is 4. The maximum atomic E-state index is 7.14. The zero-order valence-corrected chi connectivity index (χ0v) is 79.6. The second-order valence-corrected chi connectivity index (χ2v) is 43.1. The molecule has 658 valence electrons. The Balaban J connectivity index is 0.921. The molecule has 0 unspecified atom stereocenters. The Morgan fingerprint density at radius 3 is 0.897 bits per heavy atom. The van der Waals surface area contributed by atoms with Crippen molar-refractivity contribution in [1.29, 1.82) is 0 Å². The standard InChI is InChI=1S/C128H104BN3O4/c1-124(2,3)81-56-60-103-95(66-81)96-67-82(125(4,5)6)57-61-104(96)130(103)86-73-107-121-108(74-86)132(123-99(89-44-32-52-115-119(89)93-40-24-28-48-111(93)135-115)70-85(128(13,14)15)71-100(123)90-45-33-53-116-120(90)94-41-25-29-49-112(94)136-116)106-72-83(126(7,8)9)55-58-101(106)129(121)102-65-77(80-63-78(75-34-18-16-19-35-75)62-79(64-80)76-36-20-17-21-37-76)54-59-105(102)131(107)122-97(87-42-30-50-113-117(87)91-38-22-26-46-109(91)133-113)68-84(127(10,11)12)69-98(122)88-43-31-51-114-118(88)92-39-23-27-47-110(92)134-114/h16-74H,1-15H3. The molecular formula is C128H104BN3O4. The molecule has 0 saturated heterocycles. The van der Waals surface area contributed by atoms with Gasteiger partial charge in [-0.1, -0.05) is 322 Å². The molecule has 18 aromatic carbocycles. The first-order valence-corrected chi connectivity index (χ1v) is 48.0. The minimum atomic E-state index is -0.440. The summed E-state index contributed by atoms with van der Waals surface area (Å²) >= 11 is 0. The summed E-state index contributed by atoms with van der Waals surface area (Å²) in [7, 11) is 0. The van der Waals surface area contributed by atoms with Crippen molar-refractivity contribution in [3.63, 3.8) is 0 Å². The highest BCUT2D eigenvalue weighted by Gasteiger charge is 2.48. The Labute approximate surface area is 793 Å². The van der Waals surface area contributed by atoms with Crippen molar-refractivity contribution < 1.29 is 17.7 Å². The number of fused-ring (bicyclic) bond motifs is 19. The molecule has 0 N–H and O–H groups in total. The third kappa shape index (κ3) is 13.1. The Hall–Kier alpha value is -15.4. The molecule has 7 nitrogen and oxygen atoms in total. The summed E-state index contributed by atoms with van der Waals surface area (Å²) in [6.45, 7) is 35.0. The fourth-order valence-corrected chi connectivity index (χ4v) is 22.3. The van der Waals surface area contributed by atoms with Crippen molar-refractivity contribution in [2.24, 2.45) is 0 Å². The summed E-state index contributed by atoms with van der Waals surface area (Å²) in [6.07, 6.45) is 0. The highest BCUT2D eigenvalue weighted by Crippen LogP contribution is 2.60. The molecule has 0 aliphatic carbocycles. The van der Waals surface area contributed by atoms with E-state index in [1.54, 1.807) is 0 Å². The molecule has 0 fully saturated rings. The lowest BCUT2D eigenvalue weighted by Gasteiger charge is -2.46. The van der Waals surface area contributed by atoms with Crippen molar-refractivity contribution in [2.45, 2.75) is 131 Å². The zero-order chi connectivity index (χ0) is 92.6. The molecule has 136 heavy (non-hydrogen) atoms. The third-order valence-corrected chi connectivity index (χ3v) is 29.3. The van der Waals surface area contributed by atoms with Gasteiger partial charge in [-0.2, -0.15) is 0 Å². The topological polar surface area (TPSA) is 64.0 Å². The molecule has 0 spiro atoms. The van der Waals surface area contributed by atoms with Crippen molar-refractivity contribution in [2.75, 3.05) is 9.80 Å². The van der Waals surface area contributed by atoms with Crippen LogP contribution in [0.2, 0.25) is 0 Å². The van der Waals surface area contributed by atoms with E-state index in [9.17, 15) is 0 Å². The van der Waals surface area contributed by atoms with Gasteiger partial charge in [-0.3, -0.25) is 0 Å². The number of rotatable bonds is 10. The molecule has 2 aliphatic rings. The van der Waals surface area contributed by atoms with Gasteiger partial charge >= 0.3 is 0 Å². The lowest BCUT2D eigenvalue weighted by molar-refractivity contribution is 0.590. The summed E-state index contributed by atoms with van der Waals surface area (Å²) in [5.41, 5.74) is 39.3. The molecule has 0 saturated carbocycles. The molecular weight excluding hydrogens is 1650 g/mol. The van der Waals surface area contributed by atoms with Crippen LogP contribution in [0, 0.1) is 0 Å². The number of aromatic nitrogens is 1. The van der Waals surface area contributed by atoms with Crippen LogP contribution in [0.5, 0.6) is 0 Å². The Kier molecular flexibility index (Phi) is 18.2. The van der Waals surface area contributed by atoms with Crippen LogP contribution < -0.4 is 26.2 Å². The van der Waals surface area contributed by atoms with Crippen molar-refractivity contribution in [3.05, 3.63) is 386 Å². The van der Waals surface area contributed by atoms with Crippen LogP contribution >= 0.6 is 0 Å². The quantitative estimate of drug-likeness (QED) is 0.127. The van der Waals surface area contributed by atoms with Crippen molar-refractivity contribution in [3.8, 4) is 83.6 Å². The van der Waals surface area contributed by atoms with Crippen LogP contribution in [0.3, 0.4) is 0 Å².